The highest BCUT2D eigenvalue weighted by atomic mass is 32.2. The number of alkyl halides is 3. The molecule has 0 fully saturated rings. The van der Waals surface area contributed by atoms with E-state index < -0.39 is 21.7 Å². The molecule has 0 amide bonds. The van der Waals surface area contributed by atoms with Gasteiger partial charge in [-0.25, -0.2) is 13.4 Å². The molecule has 0 aliphatic rings. The van der Waals surface area contributed by atoms with Crippen molar-refractivity contribution in [2.75, 3.05) is 5.75 Å². The van der Waals surface area contributed by atoms with Crippen LogP contribution in [-0.4, -0.2) is 34.1 Å². The number of rotatable bonds is 3. The van der Waals surface area contributed by atoms with Gasteiger partial charge in [0, 0.05) is 28.6 Å². The van der Waals surface area contributed by atoms with E-state index in [1.165, 1.54) is 36.9 Å². The van der Waals surface area contributed by atoms with Crippen molar-refractivity contribution in [1.29, 1.82) is 0 Å². The number of imidazole rings is 1. The molecule has 0 aliphatic carbocycles. The van der Waals surface area contributed by atoms with Gasteiger partial charge in [0.15, 0.2) is 9.84 Å². The summed E-state index contributed by atoms with van der Waals surface area (Å²) < 4.78 is 65.5. The van der Waals surface area contributed by atoms with Crippen LogP contribution in [0.25, 0.3) is 22.6 Å². The number of fused-ring (bicyclic) bond motifs is 1. The maximum Gasteiger partial charge on any atom is 0.482 e. The molecule has 0 radical (unpaired) electrons. The largest absolute Gasteiger partial charge is 0.482 e. The molecular formula is C15H15F3N4O4S+2. The molecule has 2 N–H and O–H groups in total. The number of hydrogen-bond donors (Lipinski definition) is 2. The molecule has 3 aromatic heterocycles. The van der Waals surface area contributed by atoms with E-state index >= 15 is 0 Å². The molecule has 27 heavy (non-hydrogen) atoms. The highest BCUT2D eigenvalue weighted by Crippen LogP contribution is 2.30. The highest BCUT2D eigenvalue weighted by Gasteiger charge is 2.43. The van der Waals surface area contributed by atoms with E-state index in [1.807, 2.05) is 0 Å². The molecule has 0 aromatic carbocycles. The maximum atomic E-state index is 13.0. The second-order valence-electron chi connectivity index (χ2n) is 5.73. The van der Waals surface area contributed by atoms with Crippen molar-refractivity contribution in [3.05, 3.63) is 36.3 Å². The summed E-state index contributed by atoms with van der Waals surface area (Å²) in [5.41, 5.74) is -1.57. The van der Waals surface area contributed by atoms with Gasteiger partial charge in [-0.3, -0.25) is 10.4 Å². The van der Waals surface area contributed by atoms with Crippen LogP contribution in [0, 0.1) is 0 Å². The Morgan fingerprint density at radius 3 is 2.52 bits per heavy atom. The second-order valence-corrected chi connectivity index (χ2v) is 7.98. The first kappa shape index (κ1) is 18.9. The van der Waals surface area contributed by atoms with Gasteiger partial charge in [0.05, 0.1) is 5.75 Å². The van der Waals surface area contributed by atoms with Gasteiger partial charge in [-0.15, -0.1) is 0 Å². The summed E-state index contributed by atoms with van der Waals surface area (Å²) in [5.74, 6) is -0.331. The van der Waals surface area contributed by atoms with Gasteiger partial charge in [0.1, 0.15) is 15.9 Å². The SMILES string of the molecule is CCS(=O)(=O)c1ccc[n+](O)c1-c1nc2cc(C(F)(F)F)[n+](O)cc2n1C. The van der Waals surface area contributed by atoms with E-state index in [0.717, 1.165) is 6.20 Å². The van der Waals surface area contributed by atoms with Crippen molar-refractivity contribution in [2.45, 2.75) is 18.0 Å². The number of aryl methyl sites for hydroxylation is 1. The van der Waals surface area contributed by atoms with Crippen LogP contribution < -0.4 is 9.46 Å². The molecule has 0 saturated carbocycles. The zero-order valence-corrected chi connectivity index (χ0v) is 15.0. The Morgan fingerprint density at radius 1 is 1.26 bits per heavy atom. The number of hydrogen-bond acceptors (Lipinski definition) is 5. The molecule has 0 spiro atoms. The highest BCUT2D eigenvalue weighted by molar-refractivity contribution is 7.91. The molecule has 3 aromatic rings. The number of halogens is 3. The molecular weight excluding hydrogens is 389 g/mol. The fraction of sp³-hybridized carbons (Fsp3) is 0.267. The van der Waals surface area contributed by atoms with Crippen molar-refractivity contribution in [1.82, 2.24) is 9.55 Å². The molecule has 0 unspecified atom stereocenters. The smallest absolute Gasteiger partial charge is 0.317 e. The summed E-state index contributed by atoms with van der Waals surface area (Å²) >= 11 is 0. The third kappa shape index (κ3) is 3.05. The predicted molar refractivity (Wildman–Crippen MR) is 83.6 cm³/mol. The quantitative estimate of drug-likeness (QED) is 0.503. The van der Waals surface area contributed by atoms with Gasteiger partial charge in [-0.2, -0.15) is 13.2 Å². The molecule has 144 valence electrons. The Labute approximate surface area is 151 Å². The average molecular weight is 404 g/mol. The molecule has 0 bridgehead atoms. The number of sulfone groups is 1. The van der Waals surface area contributed by atoms with Crippen LogP contribution >= 0.6 is 0 Å². The summed E-state index contributed by atoms with van der Waals surface area (Å²) in [6.07, 6.45) is -2.83. The first-order valence-electron chi connectivity index (χ1n) is 7.63. The maximum absolute atomic E-state index is 13.0. The molecule has 0 saturated heterocycles. The van der Waals surface area contributed by atoms with Crippen LogP contribution in [0.2, 0.25) is 0 Å². The van der Waals surface area contributed by atoms with Crippen molar-refractivity contribution in [3.8, 4) is 11.5 Å². The summed E-state index contributed by atoms with van der Waals surface area (Å²) in [5, 5.41) is 19.8. The topological polar surface area (TPSA) is 100 Å². The summed E-state index contributed by atoms with van der Waals surface area (Å²) in [6, 6.07) is 3.23. The zero-order chi connectivity index (χ0) is 20.1. The van der Waals surface area contributed by atoms with Crippen LogP contribution in [-0.2, 0) is 23.1 Å². The minimum Gasteiger partial charge on any atom is -0.317 e. The Bertz CT molecular complexity index is 1160. The fourth-order valence-corrected chi connectivity index (χ4v) is 3.77. The minimum atomic E-state index is -4.82. The minimum absolute atomic E-state index is 0.0739. The van der Waals surface area contributed by atoms with E-state index in [4.69, 9.17) is 0 Å². The third-order valence-electron chi connectivity index (χ3n) is 4.09. The van der Waals surface area contributed by atoms with E-state index in [1.54, 1.807) is 0 Å². The third-order valence-corrected chi connectivity index (χ3v) is 5.85. The molecule has 8 nitrogen and oxygen atoms in total. The van der Waals surface area contributed by atoms with Crippen LogP contribution in [0.15, 0.2) is 35.5 Å². The lowest BCUT2D eigenvalue weighted by molar-refractivity contribution is -0.914. The summed E-state index contributed by atoms with van der Waals surface area (Å²) in [7, 11) is -2.34. The average Bonchev–Trinajstić information content (AvgIpc) is 2.89. The number of pyridine rings is 2. The van der Waals surface area contributed by atoms with Gasteiger partial charge in [0.2, 0.25) is 18.2 Å². The summed E-state index contributed by atoms with van der Waals surface area (Å²) in [6.45, 7) is 1.42. The first-order valence-corrected chi connectivity index (χ1v) is 9.28. The molecule has 0 aliphatic heterocycles. The van der Waals surface area contributed by atoms with Crippen LogP contribution in [0.1, 0.15) is 12.6 Å². The van der Waals surface area contributed by atoms with Gasteiger partial charge in [0.25, 0.3) is 0 Å². The van der Waals surface area contributed by atoms with Crippen molar-refractivity contribution in [3.63, 3.8) is 0 Å². The molecule has 0 atom stereocenters. The van der Waals surface area contributed by atoms with Crippen LogP contribution in [0.5, 0.6) is 0 Å². The molecule has 3 heterocycles. The zero-order valence-electron chi connectivity index (χ0n) is 14.1. The number of aromatic nitrogens is 4. The fourth-order valence-electron chi connectivity index (χ4n) is 2.69. The monoisotopic (exact) mass is 404 g/mol. The normalized spacial score (nSPS) is 12.6. The van der Waals surface area contributed by atoms with Gasteiger partial charge in [-0.1, -0.05) is 6.92 Å². The van der Waals surface area contributed by atoms with Gasteiger partial charge < -0.3 is 4.57 Å². The van der Waals surface area contributed by atoms with E-state index in [2.05, 4.69) is 4.98 Å². The Kier molecular flexibility index (Phi) is 4.25. The van der Waals surface area contributed by atoms with E-state index in [0.29, 0.717) is 10.8 Å². The van der Waals surface area contributed by atoms with Crippen molar-refractivity contribution in [2.24, 2.45) is 7.05 Å². The lowest BCUT2D eigenvalue weighted by Gasteiger charge is -2.05. The Balaban J connectivity index is 2.36. The van der Waals surface area contributed by atoms with E-state index in [-0.39, 0.29) is 37.9 Å². The lowest BCUT2D eigenvalue weighted by atomic mass is 10.3. The van der Waals surface area contributed by atoms with Crippen molar-refractivity contribution >= 4 is 20.9 Å². The second kappa shape index (κ2) is 6.08. The standard InChI is InChI=1S/C15H15F3N4O4S/c1-3-27(25,26)11-5-4-6-21(23)13(11)14-19-9-7-12(15(16,17)18)22(24)8-10(9)20(14)2/h4-8,23-24H,3H2,1-2H3/q+2. The van der Waals surface area contributed by atoms with Crippen molar-refractivity contribution < 1.29 is 41.5 Å². The summed E-state index contributed by atoms with van der Waals surface area (Å²) in [4.78, 5) is 3.84. The van der Waals surface area contributed by atoms with Gasteiger partial charge >= 0.3 is 17.6 Å². The molecule has 3 rings (SSSR count). The number of nitrogens with zero attached hydrogens (tertiary/aromatic N) is 4. The lowest BCUT2D eigenvalue weighted by Crippen LogP contribution is -2.39. The van der Waals surface area contributed by atoms with Crippen LogP contribution in [0.4, 0.5) is 13.2 Å². The Morgan fingerprint density at radius 2 is 1.93 bits per heavy atom. The van der Waals surface area contributed by atoms with Crippen LogP contribution in [0.3, 0.4) is 0 Å². The molecule has 12 heteroatoms. The Hall–Kier alpha value is -2.89. The van der Waals surface area contributed by atoms with E-state index in [9.17, 15) is 32.0 Å². The predicted octanol–water partition coefficient (Wildman–Crippen LogP) is 1.10. The first-order chi connectivity index (χ1) is 12.5. The van der Waals surface area contributed by atoms with Gasteiger partial charge in [-0.05, 0) is 6.07 Å².